The summed E-state index contributed by atoms with van der Waals surface area (Å²) >= 11 is 0. The summed E-state index contributed by atoms with van der Waals surface area (Å²) in [6, 6.07) is 13.6. The highest BCUT2D eigenvalue weighted by Gasteiger charge is 2.19. The van der Waals surface area contributed by atoms with Crippen molar-refractivity contribution in [2.75, 3.05) is 5.32 Å². The fraction of sp³-hybridized carbons (Fsp3) is 0.150. The molecule has 0 spiro atoms. The molecule has 4 rings (SSSR count). The minimum atomic E-state index is 0.00876. The van der Waals surface area contributed by atoms with Crippen LogP contribution in [0.2, 0.25) is 0 Å². The molecule has 0 saturated heterocycles. The molecule has 1 aromatic heterocycles. The molecule has 0 bridgehead atoms. The van der Waals surface area contributed by atoms with E-state index in [1.54, 1.807) is 0 Å². The Kier molecular flexibility index (Phi) is 4.01. The minimum absolute atomic E-state index is 0.00876. The lowest BCUT2D eigenvalue weighted by atomic mass is 10.1. The molecule has 0 saturated carbocycles. The molecule has 3 aromatic rings. The number of aromatic nitrogens is 2. The van der Waals surface area contributed by atoms with Crippen molar-refractivity contribution in [1.29, 1.82) is 0 Å². The molecule has 3 N–H and O–H groups in total. The summed E-state index contributed by atoms with van der Waals surface area (Å²) < 4.78 is 0. The van der Waals surface area contributed by atoms with Crippen LogP contribution in [0.3, 0.4) is 0 Å². The second kappa shape index (κ2) is 6.48. The summed E-state index contributed by atoms with van der Waals surface area (Å²) in [5.74, 6) is 0.360. The highest BCUT2D eigenvalue weighted by Crippen LogP contribution is 2.34. The molecule has 0 aliphatic heterocycles. The maximum absolute atomic E-state index is 10.6. The predicted octanol–water partition coefficient (Wildman–Crippen LogP) is 4.03. The molecule has 6 heteroatoms. The zero-order valence-electron chi connectivity index (χ0n) is 14.3. The van der Waals surface area contributed by atoms with Crippen molar-refractivity contribution in [2.45, 2.75) is 19.8 Å². The molecule has 1 heterocycles. The number of benzene rings is 2. The molecule has 26 heavy (non-hydrogen) atoms. The van der Waals surface area contributed by atoms with Gasteiger partial charge in [0, 0.05) is 16.8 Å². The van der Waals surface area contributed by atoms with E-state index in [2.05, 4.69) is 20.4 Å². The summed E-state index contributed by atoms with van der Waals surface area (Å²) in [5, 5.41) is 26.1. The molecule has 1 aliphatic carbocycles. The van der Waals surface area contributed by atoms with Crippen molar-refractivity contribution in [3.05, 3.63) is 65.5 Å². The van der Waals surface area contributed by atoms with E-state index in [0.717, 1.165) is 40.8 Å². The number of nitrogens with zero attached hydrogens (tertiary/aromatic N) is 3. The van der Waals surface area contributed by atoms with Crippen LogP contribution in [-0.4, -0.2) is 26.0 Å². The molecule has 0 unspecified atom stereocenters. The fourth-order valence-electron chi connectivity index (χ4n) is 3.18. The van der Waals surface area contributed by atoms with Crippen molar-refractivity contribution in [3.63, 3.8) is 0 Å². The summed E-state index contributed by atoms with van der Waals surface area (Å²) in [6.07, 6.45) is 2.99. The van der Waals surface area contributed by atoms with Gasteiger partial charge in [0.1, 0.15) is 12.0 Å². The summed E-state index contributed by atoms with van der Waals surface area (Å²) in [4.78, 5) is 8.38. The van der Waals surface area contributed by atoms with Gasteiger partial charge in [0.2, 0.25) is 0 Å². The van der Waals surface area contributed by atoms with Crippen LogP contribution in [0.4, 0.5) is 11.5 Å². The summed E-state index contributed by atoms with van der Waals surface area (Å²) in [7, 11) is 0. The van der Waals surface area contributed by atoms with Gasteiger partial charge in [-0.15, -0.1) is 0 Å². The lowest BCUT2D eigenvalue weighted by Crippen LogP contribution is -1.99. The third kappa shape index (κ3) is 2.86. The maximum Gasteiger partial charge on any atom is 0.185 e. The van der Waals surface area contributed by atoms with E-state index in [1.165, 1.54) is 6.33 Å². The van der Waals surface area contributed by atoms with Crippen LogP contribution in [-0.2, 0) is 6.42 Å². The first-order valence-electron chi connectivity index (χ1n) is 8.38. The van der Waals surface area contributed by atoms with Gasteiger partial charge in [0.15, 0.2) is 11.6 Å². The Morgan fingerprint density at radius 2 is 1.85 bits per heavy atom. The number of anilines is 2. The van der Waals surface area contributed by atoms with Crippen LogP contribution in [0.5, 0.6) is 5.75 Å². The molecule has 0 radical (unpaired) electrons. The van der Waals surface area contributed by atoms with Crippen LogP contribution in [0.15, 0.2) is 53.9 Å². The molecule has 6 nitrogen and oxygen atoms in total. The SMILES string of the molecule is Cc1ccc(-c2ncnc(Nc3ccc4c(c3)CC/C4=N\O)c2O)cc1. The molecule has 130 valence electrons. The number of aryl methyl sites for hydroxylation is 2. The molecule has 0 fully saturated rings. The number of hydrogen-bond donors (Lipinski definition) is 3. The van der Waals surface area contributed by atoms with E-state index in [9.17, 15) is 5.11 Å². The van der Waals surface area contributed by atoms with Gasteiger partial charge < -0.3 is 15.6 Å². The first-order valence-corrected chi connectivity index (χ1v) is 8.38. The first kappa shape index (κ1) is 16.1. The molecule has 2 aromatic carbocycles. The molecular formula is C20H18N4O2. The van der Waals surface area contributed by atoms with E-state index in [1.807, 2.05) is 49.4 Å². The zero-order chi connectivity index (χ0) is 18.1. The number of hydrogen-bond acceptors (Lipinski definition) is 6. The molecule has 1 aliphatic rings. The van der Waals surface area contributed by atoms with Gasteiger partial charge in [-0.25, -0.2) is 9.97 Å². The summed E-state index contributed by atoms with van der Waals surface area (Å²) in [5.41, 5.74) is 6.05. The smallest absolute Gasteiger partial charge is 0.185 e. The molecule has 0 atom stereocenters. The fourth-order valence-corrected chi connectivity index (χ4v) is 3.18. The number of aromatic hydroxyl groups is 1. The monoisotopic (exact) mass is 346 g/mol. The predicted molar refractivity (Wildman–Crippen MR) is 100 cm³/mol. The Morgan fingerprint density at radius 1 is 1.04 bits per heavy atom. The highest BCUT2D eigenvalue weighted by molar-refractivity contribution is 6.04. The quantitative estimate of drug-likeness (QED) is 0.492. The Hall–Kier alpha value is -3.41. The largest absolute Gasteiger partial charge is 0.503 e. The van der Waals surface area contributed by atoms with Gasteiger partial charge in [0.25, 0.3) is 0 Å². The van der Waals surface area contributed by atoms with E-state index in [-0.39, 0.29) is 5.75 Å². The van der Waals surface area contributed by atoms with Gasteiger partial charge >= 0.3 is 0 Å². The van der Waals surface area contributed by atoms with Crippen molar-refractivity contribution in [1.82, 2.24) is 9.97 Å². The number of rotatable bonds is 3. The van der Waals surface area contributed by atoms with Crippen LogP contribution >= 0.6 is 0 Å². The van der Waals surface area contributed by atoms with E-state index in [4.69, 9.17) is 5.21 Å². The normalized spacial score (nSPS) is 14.4. The molecule has 0 amide bonds. The van der Waals surface area contributed by atoms with Gasteiger partial charge in [-0.1, -0.05) is 41.1 Å². The second-order valence-electron chi connectivity index (χ2n) is 6.33. The maximum atomic E-state index is 10.6. The van der Waals surface area contributed by atoms with Crippen molar-refractivity contribution in [2.24, 2.45) is 5.16 Å². The molecular weight excluding hydrogens is 328 g/mol. The van der Waals surface area contributed by atoms with Crippen LogP contribution in [0, 0.1) is 6.92 Å². The third-order valence-electron chi connectivity index (χ3n) is 4.58. The van der Waals surface area contributed by atoms with Crippen molar-refractivity contribution in [3.8, 4) is 17.0 Å². The Labute approximate surface area is 150 Å². The van der Waals surface area contributed by atoms with Gasteiger partial charge in [-0.2, -0.15) is 0 Å². The standard InChI is InChI=1S/C20H18N4O2/c1-12-2-4-13(5-3-12)18-19(25)20(22-11-21-18)23-15-7-8-16-14(10-15)6-9-17(16)24-26/h2-5,7-8,10-11,25-26H,6,9H2,1H3,(H,21,22,23)/b24-17+. The van der Waals surface area contributed by atoms with Crippen molar-refractivity contribution < 1.29 is 10.3 Å². The topological polar surface area (TPSA) is 90.6 Å². The highest BCUT2D eigenvalue weighted by atomic mass is 16.4. The second-order valence-corrected chi connectivity index (χ2v) is 6.33. The summed E-state index contributed by atoms with van der Waals surface area (Å²) in [6.45, 7) is 2.01. The van der Waals surface area contributed by atoms with Crippen molar-refractivity contribution >= 4 is 17.2 Å². The van der Waals surface area contributed by atoms with Gasteiger partial charge in [-0.3, -0.25) is 0 Å². The average molecular weight is 346 g/mol. The van der Waals surface area contributed by atoms with E-state index >= 15 is 0 Å². The number of nitrogens with one attached hydrogen (secondary N) is 1. The minimum Gasteiger partial charge on any atom is -0.503 e. The zero-order valence-corrected chi connectivity index (χ0v) is 14.3. The van der Waals surface area contributed by atoms with Gasteiger partial charge in [-0.05, 0) is 37.5 Å². The van der Waals surface area contributed by atoms with Gasteiger partial charge in [0.05, 0.1) is 5.71 Å². The lowest BCUT2D eigenvalue weighted by molar-refractivity contribution is 0.318. The van der Waals surface area contributed by atoms with E-state index in [0.29, 0.717) is 17.2 Å². The Morgan fingerprint density at radius 3 is 2.62 bits per heavy atom. The number of fused-ring (bicyclic) bond motifs is 1. The van der Waals surface area contributed by atoms with E-state index < -0.39 is 0 Å². The lowest BCUT2D eigenvalue weighted by Gasteiger charge is -2.11. The van der Waals surface area contributed by atoms with Crippen LogP contribution in [0.1, 0.15) is 23.1 Å². The van der Waals surface area contributed by atoms with Crippen LogP contribution < -0.4 is 5.32 Å². The first-order chi connectivity index (χ1) is 12.7. The number of oxime groups is 1. The third-order valence-corrected chi connectivity index (χ3v) is 4.58. The Balaban J connectivity index is 1.65. The average Bonchev–Trinajstić information content (AvgIpc) is 3.07. The Bertz CT molecular complexity index is 997. The van der Waals surface area contributed by atoms with Crippen LogP contribution in [0.25, 0.3) is 11.3 Å².